The number of benzene rings is 1. The largest absolute Gasteiger partial charge is 0.311 e. The Bertz CT molecular complexity index is 656. The van der Waals surface area contributed by atoms with Crippen LogP contribution in [0.3, 0.4) is 0 Å². The number of rotatable bonds is 4. The van der Waals surface area contributed by atoms with Crippen molar-refractivity contribution in [2.45, 2.75) is 18.7 Å². The maximum Gasteiger partial charge on any atom is 0.231 e. The molecule has 1 aromatic heterocycles. The minimum atomic E-state index is 0.122. The lowest BCUT2D eigenvalue weighted by Crippen LogP contribution is -2.28. The molecule has 3 rings (SSSR count). The topological polar surface area (TPSA) is 33.2 Å². The lowest BCUT2D eigenvalue weighted by molar-refractivity contribution is -0.117. The van der Waals surface area contributed by atoms with E-state index in [4.69, 9.17) is 23.2 Å². The Morgan fingerprint density at radius 2 is 2.25 bits per heavy atom. The fraction of sp³-hybridized carbons (Fsp3) is 0.286. The fourth-order valence-corrected chi connectivity index (χ4v) is 3.49. The predicted octanol–water partition coefficient (Wildman–Crippen LogP) is 3.67. The van der Waals surface area contributed by atoms with E-state index in [1.807, 2.05) is 23.6 Å². The summed E-state index contributed by atoms with van der Waals surface area (Å²) in [5.41, 5.74) is 2.86. The smallest absolute Gasteiger partial charge is 0.231 e. The van der Waals surface area contributed by atoms with E-state index in [1.54, 1.807) is 16.2 Å². The second kappa shape index (κ2) is 5.72. The molecule has 0 unspecified atom stereocenters. The van der Waals surface area contributed by atoms with E-state index >= 15 is 0 Å². The summed E-state index contributed by atoms with van der Waals surface area (Å²) in [5, 5.41) is 3.62. The van der Waals surface area contributed by atoms with Crippen LogP contribution in [0.25, 0.3) is 0 Å². The van der Waals surface area contributed by atoms with E-state index in [1.165, 1.54) is 0 Å². The van der Waals surface area contributed by atoms with Crippen molar-refractivity contribution in [1.29, 1.82) is 0 Å². The molecule has 1 aliphatic heterocycles. The monoisotopic (exact) mass is 326 g/mol. The molecule has 1 aliphatic rings. The van der Waals surface area contributed by atoms with Crippen molar-refractivity contribution in [2.24, 2.45) is 0 Å². The average Bonchev–Trinajstić information content (AvgIpc) is 3.00. The third kappa shape index (κ3) is 2.68. The van der Waals surface area contributed by atoms with E-state index in [0.29, 0.717) is 23.9 Å². The quantitative estimate of drug-likeness (QED) is 0.803. The first-order chi connectivity index (χ1) is 9.67. The van der Waals surface area contributed by atoms with Gasteiger partial charge in [0.1, 0.15) is 0 Å². The molecule has 0 aliphatic carbocycles. The van der Waals surface area contributed by atoms with Crippen LogP contribution in [0.1, 0.15) is 16.3 Å². The number of nitrogens with zero attached hydrogens (tertiary/aromatic N) is 2. The molecule has 0 saturated heterocycles. The normalized spacial score (nSPS) is 13.9. The number of halogens is 2. The van der Waals surface area contributed by atoms with Crippen LogP contribution in [-0.4, -0.2) is 17.4 Å². The van der Waals surface area contributed by atoms with E-state index in [2.05, 4.69) is 4.98 Å². The number of hydrogen-bond donors (Lipinski definition) is 0. The zero-order valence-electron chi connectivity index (χ0n) is 10.6. The summed E-state index contributed by atoms with van der Waals surface area (Å²) in [4.78, 5) is 18.3. The number of alkyl halides is 1. The Kier molecular flexibility index (Phi) is 3.96. The van der Waals surface area contributed by atoms with Crippen molar-refractivity contribution in [2.75, 3.05) is 11.4 Å². The number of anilines is 1. The SMILES string of the molecule is O=C1Cc2ccc(Cl)cc2N1CCc1nc(CCl)cs1. The molecule has 20 heavy (non-hydrogen) atoms. The Balaban J connectivity index is 1.75. The summed E-state index contributed by atoms with van der Waals surface area (Å²) < 4.78 is 0. The number of carbonyl (C=O) groups is 1. The van der Waals surface area contributed by atoms with Gasteiger partial charge < -0.3 is 4.90 Å². The lowest BCUT2D eigenvalue weighted by atomic mass is 10.2. The maximum absolute atomic E-state index is 12.1. The van der Waals surface area contributed by atoms with Crippen LogP contribution in [-0.2, 0) is 23.5 Å². The molecule has 0 N–H and O–H groups in total. The molecule has 2 heterocycles. The van der Waals surface area contributed by atoms with E-state index in [0.717, 1.165) is 28.4 Å². The number of fused-ring (bicyclic) bond motifs is 1. The van der Waals surface area contributed by atoms with E-state index in [-0.39, 0.29) is 5.91 Å². The maximum atomic E-state index is 12.1. The van der Waals surface area contributed by atoms with Crippen LogP contribution in [0.5, 0.6) is 0 Å². The van der Waals surface area contributed by atoms with Crippen LogP contribution >= 0.6 is 34.5 Å². The van der Waals surface area contributed by atoms with Gasteiger partial charge in [-0.3, -0.25) is 4.79 Å². The summed E-state index contributed by atoms with van der Waals surface area (Å²) in [5.74, 6) is 0.550. The zero-order valence-corrected chi connectivity index (χ0v) is 12.9. The molecule has 104 valence electrons. The minimum absolute atomic E-state index is 0.122. The van der Waals surface area contributed by atoms with Gasteiger partial charge in [-0.15, -0.1) is 22.9 Å². The summed E-state index contributed by atoms with van der Waals surface area (Å²) in [7, 11) is 0. The third-order valence-electron chi connectivity index (χ3n) is 3.27. The van der Waals surface area contributed by atoms with Gasteiger partial charge >= 0.3 is 0 Å². The summed E-state index contributed by atoms with van der Waals surface area (Å²) in [6, 6.07) is 5.60. The highest BCUT2D eigenvalue weighted by atomic mass is 35.5. The van der Waals surface area contributed by atoms with Crippen LogP contribution in [0.4, 0.5) is 5.69 Å². The average molecular weight is 327 g/mol. The Labute approximate surface area is 131 Å². The van der Waals surface area contributed by atoms with Crippen molar-refractivity contribution in [3.63, 3.8) is 0 Å². The summed E-state index contributed by atoms with van der Waals surface area (Å²) >= 11 is 13.3. The van der Waals surface area contributed by atoms with Crippen LogP contribution < -0.4 is 4.90 Å². The molecular formula is C14H12Cl2N2OS. The highest BCUT2D eigenvalue weighted by molar-refractivity contribution is 7.09. The van der Waals surface area contributed by atoms with Gasteiger partial charge in [0.05, 0.1) is 23.0 Å². The highest BCUT2D eigenvalue weighted by Gasteiger charge is 2.27. The predicted molar refractivity (Wildman–Crippen MR) is 82.9 cm³/mol. The zero-order chi connectivity index (χ0) is 14.1. The van der Waals surface area contributed by atoms with Crippen LogP contribution in [0.2, 0.25) is 5.02 Å². The molecule has 0 atom stereocenters. The first-order valence-corrected chi connectivity index (χ1v) is 8.04. The van der Waals surface area contributed by atoms with Gasteiger partial charge in [0, 0.05) is 29.1 Å². The van der Waals surface area contributed by atoms with E-state index in [9.17, 15) is 4.79 Å². The number of thiazole rings is 1. The molecule has 0 spiro atoms. The second-order valence-electron chi connectivity index (χ2n) is 4.61. The van der Waals surface area contributed by atoms with Gasteiger partial charge in [-0.25, -0.2) is 4.98 Å². The highest BCUT2D eigenvalue weighted by Crippen LogP contribution is 2.31. The van der Waals surface area contributed by atoms with Crippen LogP contribution in [0.15, 0.2) is 23.6 Å². The molecule has 0 fully saturated rings. The molecule has 3 nitrogen and oxygen atoms in total. The van der Waals surface area contributed by atoms with Gasteiger partial charge in [0.25, 0.3) is 0 Å². The van der Waals surface area contributed by atoms with Gasteiger partial charge in [0.15, 0.2) is 0 Å². The molecule has 1 amide bonds. The second-order valence-corrected chi connectivity index (χ2v) is 6.26. The molecule has 0 radical (unpaired) electrons. The number of amides is 1. The molecule has 2 aromatic rings. The minimum Gasteiger partial charge on any atom is -0.311 e. The number of aromatic nitrogens is 1. The molecule has 0 bridgehead atoms. The van der Waals surface area contributed by atoms with Crippen molar-refractivity contribution >= 4 is 46.1 Å². The molecule has 0 saturated carbocycles. The Morgan fingerprint density at radius 3 is 3.00 bits per heavy atom. The van der Waals surface area contributed by atoms with Crippen molar-refractivity contribution in [3.8, 4) is 0 Å². The Hall–Kier alpha value is -1.10. The number of carbonyl (C=O) groups excluding carboxylic acids is 1. The molecular weight excluding hydrogens is 315 g/mol. The van der Waals surface area contributed by atoms with Gasteiger partial charge in [0.2, 0.25) is 5.91 Å². The van der Waals surface area contributed by atoms with Crippen molar-refractivity contribution < 1.29 is 4.79 Å². The fourth-order valence-electron chi connectivity index (χ4n) is 2.31. The van der Waals surface area contributed by atoms with Gasteiger partial charge in [-0.2, -0.15) is 0 Å². The van der Waals surface area contributed by atoms with Crippen LogP contribution in [0, 0.1) is 0 Å². The Morgan fingerprint density at radius 1 is 1.40 bits per heavy atom. The lowest BCUT2D eigenvalue weighted by Gasteiger charge is -2.16. The first-order valence-electron chi connectivity index (χ1n) is 6.25. The third-order valence-corrected chi connectivity index (χ3v) is 4.73. The first kappa shape index (κ1) is 13.9. The number of hydrogen-bond acceptors (Lipinski definition) is 3. The van der Waals surface area contributed by atoms with Gasteiger partial charge in [-0.1, -0.05) is 17.7 Å². The van der Waals surface area contributed by atoms with E-state index < -0.39 is 0 Å². The van der Waals surface area contributed by atoms with Crippen molar-refractivity contribution in [1.82, 2.24) is 4.98 Å². The van der Waals surface area contributed by atoms with Crippen molar-refractivity contribution in [3.05, 3.63) is 44.9 Å². The standard InChI is InChI=1S/C14H12Cl2N2OS/c15-7-11-8-20-13(17-11)3-4-18-12-6-10(16)2-1-9(12)5-14(18)19/h1-2,6,8H,3-5,7H2. The van der Waals surface area contributed by atoms with Gasteiger partial charge in [-0.05, 0) is 17.7 Å². The summed E-state index contributed by atoms with van der Waals surface area (Å²) in [6.45, 7) is 0.626. The summed E-state index contributed by atoms with van der Waals surface area (Å²) in [6.07, 6.45) is 1.19. The molecule has 6 heteroatoms. The molecule has 1 aromatic carbocycles.